The molecule has 1 heterocycles. The Morgan fingerprint density at radius 2 is 2.00 bits per heavy atom. The molecular formula is C16H23NO2S. The van der Waals surface area contributed by atoms with Crippen molar-refractivity contribution in [1.82, 2.24) is 4.90 Å². The van der Waals surface area contributed by atoms with E-state index >= 15 is 0 Å². The summed E-state index contributed by atoms with van der Waals surface area (Å²) < 4.78 is 0. The Labute approximate surface area is 125 Å². The zero-order chi connectivity index (χ0) is 14.4. The lowest BCUT2D eigenvalue weighted by Crippen LogP contribution is -2.39. The minimum atomic E-state index is -0.490. The molecule has 0 saturated carbocycles. The topological polar surface area (TPSA) is 40.5 Å². The summed E-state index contributed by atoms with van der Waals surface area (Å²) in [5.74, 6) is 1.99. The van der Waals surface area contributed by atoms with Crippen molar-refractivity contribution in [2.24, 2.45) is 5.92 Å². The summed E-state index contributed by atoms with van der Waals surface area (Å²) in [5.41, 5.74) is 0.916. The van der Waals surface area contributed by atoms with Gasteiger partial charge in [-0.15, -0.1) is 11.8 Å². The SMILES string of the molecule is CC1CCN(C(=O)CSCC(O)c2ccccc2)CC1. The number of benzene rings is 1. The number of aliphatic hydroxyl groups is 1. The Balaban J connectivity index is 1.69. The lowest BCUT2D eigenvalue weighted by Gasteiger charge is -2.30. The highest BCUT2D eigenvalue weighted by Gasteiger charge is 2.20. The van der Waals surface area contributed by atoms with E-state index in [1.807, 2.05) is 35.2 Å². The zero-order valence-corrected chi connectivity index (χ0v) is 12.8. The van der Waals surface area contributed by atoms with Crippen LogP contribution in [0.2, 0.25) is 0 Å². The maximum absolute atomic E-state index is 12.0. The second kappa shape index (κ2) is 7.70. The van der Waals surface area contributed by atoms with Crippen molar-refractivity contribution >= 4 is 17.7 Å². The molecule has 0 radical (unpaired) electrons. The first kappa shape index (κ1) is 15.4. The van der Waals surface area contributed by atoms with E-state index < -0.39 is 6.10 Å². The van der Waals surface area contributed by atoms with Gasteiger partial charge in [-0.05, 0) is 24.3 Å². The van der Waals surface area contributed by atoms with Gasteiger partial charge in [-0.3, -0.25) is 4.79 Å². The van der Waals surface area contributed by atoms with Gasteiger partial charge >= 0.3 is 0 Å². The van der Waals surface area contributed by atoms with Crippen LogP contribution in [0.5, 0.6) is 0 Å². The van der Waals surface area contributed by atoms with Crippen LogP contribution in [-0.4, -0.2) is 40.5 Å². The molecule has 1 aliphatic heterocycles. The molecule has 1 aliphatic rings. The van der Waals surface area contributed by atoms with Gasteiger partial charge in [0, 0.05) is 18.8 Å². The molecule has 1 fully saturated rings. The highest BCUT2D eigenvalue weighted by molar-refractivity contribution is 7.99. The first-order valence-electron chi connectivity index (χ1n) is 7.25. The normalized spacial score (nSPS) is 18.0. The van der Waals surface area contributed by atoms with E-state index in [1.165, 1.54) is 11.8 Å². The smallest absolute Gasteiger partial charge is 0.232 e. The number of nitrogens with zero attached hydrogens (tertiary/aromatic N) is 1. The van der Waals surface area contributed by atoms with Gasteiger partial charge < -0.3 is 10.0 Å². The fraction of sp³-hybridized carbons (Fsp3) is 0.562. The molecule has 0 aromatic heterocycles. The third-order valence-electron chi connectivity index (χ3n) is 3.82. The Hall–Kier alpha value is -1.00. The largest absolute Gasteiger partial charge is 0.388 e. The standard InChI is InChI=1S/C16H23NO2S/c1-13-7-9-17(10-8-13)16(19)12-20-11-15(18)14-5-3-2-4-6-14/h2-6,13,15,18H,7-12H2,1H3. The molecule has 1 unspecified atom stereocenters. The molecule has 1 aromatic carbocycles. The molecule has 3 nitrogen and oxygen atoms in total. The molecule has 110 valence electrons. The molecule has 0 aliphatic carbocycles. The molecule has 1 aromatic rings. The minimum Gasteiger partial charge on any atom is -0.388 e. The Kier molecular flexibility index (Phi) is 5.92. The monoisotopic (exact) mass is 293 g/mol. The number of piperidine rings is 1. The number of amides is 1. The van der Waals surface area contributed by atoms with Crippen molar-refractivity contribution in [1.29, 1.82) is 0 Å². The average molecular weight is 293 g/mol. The van der Waals surface area contributed by atoms with Crippen LogP contribution in [0, 0.1) is 5.92 Å². The van der Waals surface area contributed by atoms with Gasteiger partial charge in [-0.25, -0.2) is 0 Å². The molecule has 1 N–H and O–H groups in total. The van der Waals surface area contributed by atoms with Crippen molar-refractivity contribution in [3.63, 3.8) is 0 Å². The van der Waals surface area contributed by atoms with E-state index in [9.17, 15) is 9.90 Å². The minimum absolute atomic E-state index is 0.210. The summed E-state index contributed by atoms with van der Waals surface area (Å²) in [6, 6.07) is 9.61. The van der Waals surface area contributed by atoms with E-state index in [2.05, 4.69) is 6.92 Å². The van der Waals surface area contributed by atoms with Crippen molar-refractivity contribution in [3.8, 4) is 0 Å². The van der Waals surface area contributed by atoms with Crippen LogP contribution >= 0.6 is 11.8 Å². The summed E-state index contributed by atoms with van der Waals surface area (Å²) in [6.45, 7) is 4.02. The predicted molar refractivity (Wildman–Crippen MR) is 83.7 cm³/mol. The highest BCUT2D eigenvalue weighted by atomic mass is 32.2. The third-order valence-corrected chi connectivity index (χ3v) is 4.82. The van der Waals surface area contributed by atoms with Gasteiger partial charge in [0.2, 0.25) is 5.91 Å². The number of hydrogen-bond donors (Lipinski definition) is 1. The first-order valence-corrected chi connectivity index (χ1v) is 8.41. The molecule has 0 spiro atoms. The molecule has 4 heteroatoms. The van der Waals surface area contributed by atoms with Crippen LogP contribution in [0.25, 0.3) is 0 Å². The number of rotatable bonds is 5. The number of likely N-dealkylation sites (tertiary alicyclic amines) is 1. The van der Waals surface area contributed by atoms with E-state index in [0.717, 1.165) is 37.4 Å². The maximum Gasteiger partial charge on any atom is 0.232 e. The predicted octanol–water partition coefficient (Wildman–Crippen LogP) is 2.71. The van der Waals surface area contributed by atoms with Crippen LogP contribution in [0.1, 0.15) is 31.4 Å². The van der Waals surface area contributed by atoms with Crippen molar-refractivity contribution < 1.29 is 9.90 Å². The van der Waals surface area contributed by atoms with Gasteiger partial charge in [0.1, 0.15) is 0 Å². The van der Waals surface area contributed by atoms with Crippen molar-refractivity contribution in [2.45, 2.75) is 25.9 Å². The van der Waals surface area contributed by atoms with Crippen LogP contribution in [0.3, 0.4) is 0 Å². The Morgan fingerprint density at radius 3 is 2.65 bits per heavy atom. The van der Waals surface area contributed by atoms with Gasteiger partial charge in [-0.2, -0.15) is 0 Å². The van der Waals surface area contributed by atoms with E-state index in [0.29, 0.717) is 11.5 Å². The Morgan fingerprint density at radius 1 is 1.35 bits per heavy atom. The molecule has 1 amide bonds. The first-order chi connectivity index (χ1) is 9.66. The summed E-state index contributed by atoms with van der Waals surface area (Å²) in [4.78, 5) is 14.0. The van der Waals surface area contributed by atoms with Crippen LogP contribution in [0.4, 0.5) is 0 Å². The molecule has 1 atom stereocenters. The lowest BCUT2D eigenvalue weighted by molar-refractivity contribution is -0.129. The van der Waals surface area contributed by atoms with Gasteiger partial charge in [0.05, 0.1) is 11.9 Å². The average Bonchev–Trinajstić information content (AvgIpc) is 2.48. The van der Waals surface area contributed by atoms with E-state index in [4.69, 9.17) is 0 Å². The fourth-order valence-corrected chi connectivity index (χ4v) is 3.27. The molecular weight excluding hydrogens is 270 g/mol. The fourth-order valence-electron chi connectivity index (χ4n) is 2.38. The lowest BCUT2D eigenvalue weighted by atomic mass is 9.99. The molecule has 1 saturated heterocycles. The van der Waals surface area contributed by atoms with Crippen LogP contribution < -0.4 is 0 Å². The van der Waals surface area contributed by atoms with Gasteiger partial charge in [0.25, 0.3) is 0 Å². The molecule has 2 rings (SSSR count). The van der Waals surface area contributed by atoms with Gasteiger partial charge in [0.15, 0.2) is 0 Å². The van der Waals surface area contributed by atoms with Gasteiger partial charge in [-0.1, -0.05) is 37.3 Å². The summed E-state index contributed by atoms with van der Waals surface area (Å²) in [7, 11) is 0. The maximum atomic E-state index is 12.0. The summed E-state index contributed by atoms with van der Waals surface area (Å²) in [5, 5.41) is 10.0. The number of aliphatic hydroxyl groups excluding tert-OH is 1. The number of thioether (sulfide) groups is 1. The van der Waals surface area contributed by atoms with Crippen LogP contribution in [-0.2, 0) is 4.79 Å². The van der Waals surface area contributed by atoms with E-state index in [1.54, 1.807) is 0 Å². The number of carbonyl (C=O) groups excluding carboxylic acids is 1. The molecule has 0 bridgehead atoms. The number of hydrogen-bond acceptors (Lipinski definition) is 3. The van der Waals surface area contributed by atoms with Crippen molar-refractivity contribution in [3.05, 3.63) is 35.9 Å². The van der Waals surface area contributed by atoms with Crippen LogP contribution in [0.15, 0.2) is 30.3 Å². The second-order valence-electron chi connectivity index (χ2n) is 5.50. The second-order valence-corrected chi connectivity index (χ2v) is 6.54. The Bertz CT molecular complexity index is 416. The highest BCUT2D eigenvalue weighted by Crippen LogP contribution is 2.20. The third kappa shape index (κ3) is 4.53. The zero-order valence-electron chi connectivity index (χ0n) is 12.0. The molecule has 20 heavy (non-hydrogen) atoms. The summed E-state index contributed by atoms with van der Waals surface area (Å²) >= 11 is 1.52. The van der Waals surface area contributed by atoms with E-state index in [-0.39, 0.29) is 5.91 Å². The number of carbonyl (C=O) groups is 1. The summed E-state index contributed by atoms with van der Waals surface area (Å²) in [6.07, 6.45) is 1.74. The quantitative estimate of drug-likeness (QED) is 0.907. The van der Waals surface area contributed by atoms with Crippen molar-refractivity contribution in [2.75, 3.05) is 24.6 Å².